The number of hydrogen-bond donors (Lipinski definition) is 2. The molecule has 0 atom stereocenters. The molecule has 9 nitrogen and oxygen atoms in total. The molecule has 0 radical (unpaired) electrons. The van der Waals surface area contributed by atoms with Crippen molar-refractivity contribution in [1.82, 2.24) is 24.5 Å². The van der Waals surface area contributed by atoms with Crippen LogP contribution in [0.4, 0.5) is 5.95 Å². The molecule has 4 rings (SSSR count). The van der Waals surface area contributed by atoms with Crippen LogP contribution < -0.4 is 15.8 Å². The lowest BCUT2D eigenvalue weighted by molar-refractivity contribution is -0.125. The lowest BCUT2D eigenvalue weighted by atomic mass is 9.77. The number of carbonyl (C=O) groups excluding carboxylic acids is 1. The number of nitrogens with one attached hydrogen (secondary N) is 1. The van der Waals surface area contributed by atoms with E-state index in [0.29, 0.717) is 30.0 Å². The Morgan fingerprint density at radius 2 is 2.23 bits per heavy atom. The maximum atomic E-state index is 12.8. The van der Waals surface area contributed by atoms with E-state index in [2.05, 4.69) is 15.4 Å². The Kier molecular flexibility index (Phi) is 3.77. The van der Waals surface area contributed by atoms with Crippen LogP contribution in [0.1, 0.15) is 19.8 Å². The summed E-state index contributed by atoms with van der Waals surface area (Å²) in [4.78, 5) is 31.2. The van der Waals surface area contributed by atoms with Crippen LogP contribution in [0.15, 0.2) is 16.4 Å². The van der Waals surface area contributed by atoms with Gasteiger partial charge in [-0.3, -0.25) is 14.0 Å². The minimum Gasteiger partial charge on any atom is -0.390 e. The summed E-state index contributed by atoms with van der Waals surface area (Å²) in [6.45, 7) is 1.58. The van der Waals surface area contributed by atoms with Gasteiger partial charge < -0.3 is 15.3 Å². The summed E-state index contributed by atoms with van der Waals surface area (Å²) in [5.41, 5.74) is 1.80. The molecule has 138 valence electrons. The fourth-order valence-electron chi connectivity index (χ4n) is 3.42. The Morgan fingerprint density at radius 1 is 1.50 bits per heavy atom. The van der Waals surface area contributed by atoms with Gasteiger partial charge in [-0.15, -0.1) is 16.4 Å². The number of aromatic nitrogens is 4. The molecule has 0 aliphatic heterocycles. The van der Waals surface area contributed by atoms with E-state index < -0.39 is 5.60 Å². The van der Waals surface area contributed by atoms with Crippen LogP contribution >= 0.6 is 11.3 Å². The van der Waals surface area contributed by atoms with E-state index in [4.69, 9.17) is 0 Å². The first-order valence-electron chi connectivity index (χ1n) is 8.30. The third kappa shape index (κ3) is 2.74. The number of carbonyl (C=O) groups is 1. The Hall–Kier alpha value is -2.46. The van der Waals surface area contributed by atoms with E-state index in [9.17, 15) is 14.7 Å². The van der Waals surface area contributed by atoms with E-state index in [1.807, 2.05) is 14.1 Å². The summed E-state index contributed by atoms with van der Waals surface area (Å²) >= 11 is 1.45. The van der Waals surface area contributed by atoms with E-state index in [1.165, 1.54) is 16.0 Å². The molecule has 3 heterocycles. The van der Waals surface area contributed by atoms with Gasteiger partial charge in [0.2, 0.25) is 11.9 Å². The van der Waals surface area contributed by atoms with Crippen LogP contribution in [-0.4, -0.2) is 55.9 Å². The molecule has 0 spiro atoms. The van der Waals surface area contributed by atoms with Crippen molar-refractivity contribution >= 4 is 39.1 Å². The number of hydrogen-bond acceptors (Lipinski definition) is 7. The number of thiazole rings is 1. The first-order chi connectivity index (χ1) is 12.2. The summed E-state index contributed by atoms with van der Waals surface area (Å²) in [6, 6.07) is 1.72. The van der Waals surface area contributed by atoms with Crippen LogP contribution in [0, 0.1) is 0 Å². The highest BCUT2D eigenvalue weighted by Crippen LogP contribution is 2.31. The van der Waals surface area contributed by atoms with Crippen LogP contribution in [0.3, 0.4) is 0 Å². The number of anilines is 1. The maximum absolute atomic E-state index is 12.8. The van der Waals surface area contributed by atoms with Crippen molar-refractivity contribution in [2.24, 2.45) is 0 Å². The molecule has 1 saturated carbocycles. The van der Waals surface area contributed by atoms with Crippen molar-refractivity contribution < 1.29 is 9.90 Å². The average molecular weight is 376 g/mol. The summed E-state index contributed by atoms with van der Waals surface area (Å²) < 4.78 is 3.79. The van der Waals surface area contributed by atoms with Gasteiger partial charge in [0.25, 0.3) is 5.56 Å². The van der Waals surface area contributed by atoms with Crippen LogP contribution in [-0.2, 0) is 11.3 Å². The smallest absolute Gasteiger partial charge is 0.291 e. The lowest BCUT2D eigenvalue weighted by Gasteiger charge is -2.41. The largest absolute Gasteiger partial charge is 0.390 e. The van der Waals surface area contributed by atoms with Crippen molar-refractivity contribution in [2.75, 3.05) is 19.0 Å². The highest BCUT2D eigenvalue weighted by Gasteiger charge is 2.39. The quantitative estimate of drug-likeness (QED) is 0.674. The zero-order valence-corrected chi connectivity index (χ0v) is 15.6. The second-order valence-corrected chi connectivity index (χ2v) is 8.12. The molecular formula is C16H20N6O3S. The minimum atomic E-state index is -0.714. The highest BCUT2D eigenvalue weighted by molar-refractivity contribution is 7.16. The Morgan fingerprint density at radius 3 is 2.88 bits per heavy atom. The third-order valence-corrected chi connectivity index (χ3v) is 5.36. The van der Waals surface area contributed by atoms with Gasteiger partial charge in [-0.05, 0) is 25.8 Å². The molecule has 2 N–H and O–H groups in total. The molecule has 10 heteroatoms. The van der Waals surface area contributed by atoms with Crippen LogP contribution in [0.25, 0.3) is 15.9 Å². The number of rotatable bonds is 4. The fourth-order valence-corrected chi connectivity index (χ4v) is 4.11. The van der Waals surface area contributed by atoms with Crippen molar-refractivity contribution in [3.05, 3.63) is 21.9 Å². The first kappa shape index (κ1) is 17.0. The van der Waals surface area contributed by atoms with E-state index in [0.717, 1.165) is 4.70 Å². The second kappa shape index (κ2) is 5.78. The molecule has 0 saturated heterocycles. The monoisotopic (exact) mass is 376 g/mol. The van der Waals surface area contributed by atoms with Crippen LogP contribution in [0.5, 0.6) is 0 Å². The van der Waals surface area contributed by atoms with Gasteiger partial charge in [-0.25, -0.2) is 9.67 Å². The summed E-state index contributed by atoms with van der Waals surface area (Å²) in [6.07, 6.45) is 1.04. The zero-order valence-electron chi connectivity index (χ0n) is 14.8. The van der Waals surface area contributed by atoms with Crippen molar-refractivity contribution in [1.29, 1.82) is 0 Å². The molecule has 1 fully saturated rings. The van der Waals surface area contributed by atoms with Gasteiger partial charge in [-0.1, -0.05) is 0 Å². The standard InChI is InChI=1S/C16H20N6O3S/c1-16(25)5-9(6-16)18-12(23)7-21-14(24)10-4-11-13(17-8-26-11)22(10)15(19-21)20(2)3/h4,8-9,25H,5-7H2,1-3H3,(H,18,23)/t9-,16+. The summed E-state index contributed by atoms with van der Waals surface area (Å²) in [5, 5.41) is 17.0. The molecule has 26 heavy (non-hydrogen) atoms. The molecule has 1 aliphatic carbocycles. The van der Waals surface area contributed by atoms with Gasteiger partial charge in [0, 0.05) is 20.1 Å². The number of nitrogens with zero attached hydrogens (tertiary/aromatic N) is 5. The molecule has 0 bridgehead atoms. The van der Waals surface area contributed by atoms with Gasteiger partial charge in [0.15, 0.2) is 5.65 Å². The van der Waals surface area contributed by atoms with Gasteiger partial charge in [0.1, 0.15) is 12.1 Å². The maximum Gasteiger partial charge on any atom is 0.291 e. The average Bonchev–Trinajstić information content (AvgIpc) is 3.09. The SMILES string of the molecule is CN(C)c1nn(CC(=O)N[C@H]2C[C@@](C)(O)C2)c(=O)c2cc3scnc3n12. The van der Waals surface area contributed by atoms with Crippen LogP contribution in [0.2, 0.25) is 0 Å². The van der Waals surface area contributed by atoms with E-state index in [-0.39, 0.29) is 24.1 Å². The predicted octanol–water partition coefficient (Wildman–Crippen LogP) is 0.201. The van der Waals surface area contributed by atoms with E-state index >= 15 is 0 Å². The Balaban J connectivity index is 1.68. The normalized spacial score (nSPS) is 22.5. The molecule has 3 aromatic rings. The third-order valence-electron chi connectivity index (χ3n) is 4.59. The lowest BCUT2D eigenvalue weighted by Crippen LogP contribution is -2.54. The second-order valence-electron chi connectivity index (χ2n) is 7.23. The Bertz CT molecular complexity index is 1060. The predicted molar refractivity (Wildman–Crippen MR) is 98.7 cm³/mol. The number of fused-ring (bicyclic) bond motifs is 3. The Labute approximate surface area is 152 Å². The molecule has 1 aliphatic rings. The number of aliphatic hydroxyl groups is 1. The highest BCUT2D eigenvalue weighted by atomic mass is 32.1. The summed E-state index contributed by atoms with van der Waals surface area (Å²) in [7, 11) is 3.65. The van der Waals surface area contributed by atoms with E-state index in [1.54, 1.807) is 27.8 Å². The zero-order chi connectivity index (χ0) is 18.6. The number of amides is 1. The first-order valence-corrected chi connectivity index (χ1v) is 9.18. The topological polar surface area (TPSA) is 105 Å². The van der Waals surface area contributed by atoms with Crippen molar-refractivity contribution in [2.45, 2.75) is 38.0 Å². The molecule has 1 amide bonds. The van der Waals surface area contributed by atoms with Gasteiger partial charge >= 0.3 is 0 Å². The van der Waals surface area contributed by atoms with Crippen molar-refractivity contribution in [3.8, 4) is 0 Å². The molecule has 0 unspecified atom stereocenters. The van der Waals surface area contributed by atoms with Gasteiger partial charge in [-0.2, -0.15) is 0 Å². The summed E-state index contributed by atoms with van der Waals surface area (Å²) in [5.74, 6) is 0.237. The molecular weight excluding hydrogens is 356 g/mol. The van der Waals surface area contributed by atoms with Crippen molar-refractivity contribution in [3.63, 3.8) is 0 Å². The molecule has 3 aromatic heterocycles. The molecule has 0 aromatic carbocycles. The van der Waals surface area contributed by atoms with Gasteiger partial charge in [0.05, 0.1) is 15.8 Å². The minimum absolute atomic E-state index is 0.0620. The fraction of sp³-hybridized carbons (Fsp3) is 0.500.